The summed E-state index contributed by atoms with van der Waals surface area (Å²) in [5, 5.41) is -0.519. The van der Waals surface area contributed by atoms with Crippen LogP contribution in [0.3, 0.4) is 0 Å². The molecule has 1 aliphatic heterocycles. The van der Waals surface area contributed by atoms with Crippen LogP contribution >= 0.6 is 11.6 Å². The van der Waals surface area contributed by atoms with Gasteiger partial charge in [-0.15, -0.1) is 11.6 Å². The van der Waals surface area contributed by atoms with Crippen molar-refractivity contribution in [3.05, 3.63) is 64.7 Å². The molecule has 0 saturated heterocycles. The maximum Gasteiger partial charge on any atom is 0.159 e. The number of hydrogen-bond acceptors (Lipinski definition) is 1. The van der Waals surface area contributed by atoms with E-state index in [0.29, 0.717) is 5.56 Å². The van der Waals surface area contributed by atoms with Gasteiger partial charge in [0.05, 0.1) is 5.38 Å². The van der Waals surface area contributed by atoms with Gasteiger partial charge >= 0.3 is 0 Å². The molecule has 3 rings (SSSR count). The highest BCUT2D eigenvalue weighted by Crippen LogP contribution is 2.38. The molecule has 1 heterocycles. The van der Waals surface area contributed by atoms with Crippen molar-refractivity contribution in [2.75, 3.05) is 0 Å². The third kappa shape index (κ3) is 2.75. The zero-order valence-corrected chi connectivity index (χ0v) is 12.5. The fraction of sp³-hybridized carbons (Fsp3) is 0.294. The van der Waals surface area contributed by atoms with Crippen LogP contribution in [-0.4, -0.2) is 5.60 Å². The van der Waals surface area contributed by atoms with E-state index in [2.05, 4.69) is 0 Å². The van der Waals surface area contributed by atoms with Gasteiger partial charge in [0.15, 0.2) is 11.6 Å². The SMILES string of the molecule is CC1(C)Cc2cc(C(Cl)c3ccc(F)c(F)c3)ccc2O1. The van der Waals surface area contributed by atoms with E-state index in [1.165, 1.54) is 6.07 Å². The average molecular weight is 309 g/mol. The molecule has 0 fully saturated rings. The highest BCUT2D eigenvalue weighted by Gasteiger charge is 2.30. The Morgan fingerprint density at radius 3 is 2.43 bits per heavy atom. The molecule has 21 heavy (non-hydrogen) atoms. The third-order valence-electron chi connectivity index (χ3n) is 3.62. The highest BCUT2D eigenvalue weighted by atomic mass is 35.5. The summed E-state index contributed by atoms with van der Waals surface area (Å²) in [7, 11) is 0. The Labute approximate surface area is 127 Å². The molecule has 1 aliphatic rings. The lowest BCUT2D eigenvalue weighted by Gasteiger charge is -2.16. The van der Waals surface area contributed by atoms with Crippen LogP contribution in [-0.2, 0) is 6.42 Å². The molecule has 0 aliphatic carbocycles. The molecule has 0 N–H and O–H groups in total. The van der Waals surface area contributed by atoms with E-state index in [1.807, 2.05) is 32.0 Å². The molecule has 0 saturated carbocycles. The zero-order valence-electron chi connectivity index (χ0n) is 11.8. The van der Waals surface area contributed by atoms with Gasteiger partial charge in [-0.1, -0.05) is 18.2 Å². The van der Waals surface area contributed by atoms with Crippen molar-refractivity contribution in [1.29, 1.82) is 0 Å². The standard InChI is InChI=1S/C17H15ClF2O/c1-17(2)9-12-7-10(4-6-15(12)21-17)16(18)11-3-5-13(19)14(20)8-11/h3-8,16H,9H2,1-2H3. The van der Waals surface area contributed by atoms with Gasteiger partial charge in [0.25, 0.3) is 0 Å². The predicted octanol–water partition coefficient (Wildman–Crippen LogP) is 5.01. The first-order valence-electron chi connectivity index (χ1n) is 6.76. The molecule has 110 valence electrons. The lowest BCUT2D eigenvalue weighted by Crippen LogP contribution is -2.24. The van der Waals surface area contributed by atoms with Gasteiger partial charge in [-0.25, -0.2) is 8.78 Å². The Bertz CT molecular complexity index is 697. The first-order valence-corrected chi connectivity index (χ1v) is 7.20. The lowest BCUT2D eigenvalue weighted by molar-refractivity contribution is 0.138. The largest absolute Gasteiger partial charge is 0.487 e. The molecule has 0 aromatic heterocycles. The van der Waals surface area contributed by atoms with E-state index < -0.39 is 17.0 Å². The smallest absolute Gasteiger partial charge is 0.159 e. The molecule has 0 radical (unpaired) electrons. The maximum absolute atomic E-state index is 13.3. The molecule has 0 amide bonds. The topological polar surface area (TPSA) is 9.23 Å². The minimum Gasteiger partial charge on any atom is -0.487 e. The monoisotopic (exact) mass is 308 g/mol. The molecule has 0 spiro atoms. The second-order valence-corrected chi connectivity index (χ2v) is 6.38. The Hall–Kier alpha value is -1.61. The summed E-state index contributed by atoms with van der Waals surface area (Å²) in [5.74, 6) is -0.895. The fourth-order valence-corrected chi connectivity index (χ4v) is 2.92. The molecular formula is C17H15ClF2O. The van der Waals surface area contributed by atoms with Crippen molar-refractivity contribution < 1.29 is 13.5 Å². The molecule has 1 unspecified atom stereocenters. The van der Waals surface area contributed by atoms with Crippen LogP contribution in [0.4, 0.5) is 8.78 Å². The Morgan fingerprint density at radius 2 is 1.71 bits per heavy atom. The number of alkyl halides is 1. The van der Waals surface area contributed by atoms with E-state index in [4.69, 9.17) is 16.3 Å². The summed E-state index contributed by atoms with van der Waals surface area (Å²) in [6.07, 6.45) is 0.803. The number of halogens is 3. The molecule has 2 aromatic rings. The quantitative estimate of drug-likeness (QED) is 0.709. The summed E-state index contributed by atoms with van der Waals surface area (Å²) in [5.41, 5.74) is 2.26. The van der Waals surface area contributed by atoms with Crippen LogP contribution in [0.15, 0.2) is 36.4 Å². The molecule has 4 heteroatoms. The van der Waals surface area contributed by atoms with Crippen molar-refractivity contribution in [2.24, 2.45) is 0 Å². The van der Waals surface area contributed by atoms with Crippen LogP contribution in [0.25, 0.3) is 0 Å². The van der Waals surface area contributed by atoms with Crippen molar-refractivity contribution in [1.82, 2.24) is 0 Å². The minimum absolute atomic E-state index is 0.218. The third-order valence-corrected chi connectivity index (χ3v) is 4.12. The van der Waals surface area contributed by atoms with E-state index in [1.54, 1.807) is 0 Å². The van der Waals surface area contributed by atoms with Gasteiger partial charge in [0, 0.05) is 6.42 Å². The summed E-state index contributed by atoms with van der Waals surface area (Å²) in [6, 6.07) is 9.46. The van der Waals surface area contributed by atoms with Gasteiger partial charge in [0.2, 0.25) is 0 Å². The highest BCUT2D eigenvalue weighted by molar-refractivity contribution is 6.22. The van der Waals surface area contributed by atoms with Crippen molar-refractivity contribution in [3.63, 3.8) is 0 Å². The van der Waals surface area contributed by atoms with Crippen molar-refractivity contribution in [3.8, 4) is 5.75 Å². The Kier molecular flexibility index (Phi) is 3.40. The Morgan fingerprint density at radius 1 is 1.05 bits per heavy atom. The van der Waals surface area contributed by atoms with Crippen LogP contribution in [0, 0.1) is 11.6 Å². The van der Waals surface area contributed by atoms with Gasteiger partial charge in [-0.3, -0.25) is 0 Å². The molecule has 1 atom stereocenters. The number of benzene rings is 2. The molecular weight excluding hydrogens is 294 g/mol. The van der Waals surface area contributed by atoms with Crippen molar-refractivity contribution in [2.45, 2.75) is 31.2 Å². The summed E-state index contributed by atoms with van der Waals surface area (Å²) < 4.78 is 32.1. The first-order chi connectivity index (χ1) is 9.85. The normalized spacial score (nSPS) is 17.2. The van der Waals surface area contributed by atoms with Gasteiger partial charge in [-0.2, -0.15) is 0 Å². The van der Waals surface area contributed by atoms with E-state index in [9.17, 15) is 8.78 Å². The van der Waals surface area contributed by atoms with E-state index in [0.717, 1.165) is 35.4 Å². The van der Waals surface area contributed by atoms with Gasteiger partial charge in [0.1, 0.15) is 11.4 Å². The number of rotatable bonds is 2. The Balaban J connectivity index is 1.93. The van der Waals surface area contributed by atoms with Crippen LogP contribution in [0.1, 0.15) is 35.9 Å². The number of fused-ring (bicyclic) bond motifs is 1. The number of hydrogen-bond donors (Lipinski definition) is 0. The zero-order chi connectivity index (χ0) is 15.2. The summed E-state index contributed by atoms with van der Waals surface area (Å²) in [4.78, 5) is 0. The number of ether oxygens (including phenoxy) is 1. The van der Waals surface area contributed by atoms with Crippen LogP contribution in [0.5, 0.6) is 5.75 Å². The summed E-state index contributed by atoms with van der Waals surface area (Å²) >= 11 is 6.40. The molecule has 2 aromatic carbocycles. The maximum atomic E-state index is 13.3. The first kappa shape index (κ1) is 14.3. The van der Waals surface area contributed by atoms with Gasteiger partial charge < -0.3 is 4.74 Å². The van der Waals surface area contributed by atoms with Gasteiger partial charge in [-0.05, 0) is 48.7 Å². The van der Waals surface area contributed by atoms with Crippen LogP contribution in [0.2, 0.25) is 0 Å². The predicted molar refractivity (Wildman–Crippen MR) is 78.9 cm³/mol. The average Bonchev–Trinajstić information content (AvgIpc) is 2.73. The minimum atomic E-state index is -0.885. The van der Waals surface area contributed by atoms with Crippen LogP contribution < -0.4 is 4.74 Å². The lowest BCUT2D eigenvalue weighted by atomic mass is 9.97. The fourth-order valence-electron chi connectivity index (χ4n) is 2.65. The van der Waals surface area contributed by atoms with E-state index in [-0.39, 0.29) is 5.60 Å². The molecule has 0 bridgehead atoms. The second kappa shape index (κ2) is 4.99. The second-order valence-electron chi connectivity index (χ2n) is 5.94. The van der Waals surface area contributed by atoms with Crippen molar-refractivity contribution >= 4 is 11.6 Å². The summed E-state index contributed by atoms with van der Waals surface area (Å²) in [6.45, 7) is 4.06. The van der Waals surface area contributed by atoms with E-state index >= 15 is 0 Å². The molecule has 1 nitrogen and oxygen atoms in total.